The van der Waals surface area contributed by atoms with Crippen molar-refractivity contribution in [3.05, 3.63) is 65.2 Å². The topological polar surface area (TPSA) is 32.3 Å². The van der Waals surface area contributed by atoms with Crippen LogP contribution in [-0.4, -0.2) is 17.4 Å². The summed E-state index contributed by atoms with van der Waals surface area (Å²) < 4.78 is 0. The Morgan fingerprint density at radius 2 is 1.84 bits per heavy atom. The highest BCUT2D eigenvalue weighted by atomic mass is 16.2. The molecule has 2 heterocycles. The molecule has 0 aromatic heterocycles. The number of benzene rings is 2. The molecule has 4 rings (SSSR count). The minimum Gasteiger partial charge on any atom is -0.382 e. The average Bonchev–Trinajstić information content (AvgIpc) is 2.77. The van der Waals surface area contributed by atoms with Gasteiger partial charge in [-0.15, -0.1) is 0 Å². The molecule has 94 valence electrons. The second kappa shape index (κ2) is 3.85. The van der Waals surface area contributed by atoms with E-state index in [2.05, 4.69) is 17.4 Å². The Balaban J connectivity index is 1.81. The monoisotopic (exact) mass is 250 g/mol. The molecular formula is C16H14N2O. The van der Waals surface area contributed by atoms with E-state index in [-0.39, 0.29) is 11.9 Å². The van der Waals surface area contributed by atoms with Gasteiger partial charge in [-0.2, -0.15) is 0 Å². The molecule has 0 fully saturated rings. The summed E-state index contributed by atoms with van der Waals surface area (Å²) in [6.07, 6.45) is 0. The Hall–Kier alpha value is -2.29. The van der Waals surface area contributed by atoms with Crippen LogP contribution in [0.4, 0.5) is 5.69 Å². The van der Waals surface area contributed by atoms with E-state index in [1.54, 1.807) is 0 Å². The van der Waals surface area contributed by atoms with Crippen molar-refractivity contribution >= 4 is 11.6 Å². The van der Waals surface area contributed by atoms with Gasteiger partial charge in [0.25, 0.3) is 5.91 Å². The smallest absolute Gasteiger partial charge is 0.256 e. The lowest BCUT2D eigenvalue weighted by Gasteiger charge is -2.22. The molecule has 0 saturated heterocycles. The quantitative estimate of drug-likeness (QED) is 0.779. The van der Waals surface area contributed by atoms with Crippen molar-refractivity contribution in [2.75, 3.05) is 11.9 Å². The van der Waals surface area contributed by atoms with E-state index in [0.717, 1.165) is 24.3 Å². The number of carbonyl (C=O) groups is 1. The van der Waals surface area contributed by atoms with E-state index in [4.69, 9.17) is 0 Å². The summed E-state index contributed by atoms with van der Waals surface area (Å²) in [6.45, 7) is 1.50. The van der Waals surface area contributed by atoms with Gasteiger partial charge in [-0.25, -0.2) is 0 Å². The van der Waals surface area contributed by atoms with E-state index < -0.39 is 0 Å². The van der Waals surface area contributed by atoms with Crippen LogP contribution in [0.2, 0.25) is 0 Å². The first-order valence-corrected chi connectivity index (χ1v) is 6.56. The zero-order chi connectivity index (χ0) is 12.8. The van der Waals surface area contributed by atoms with E-state index >= 15 is 0 Å². The van der Waals surface area contributed by atoms with Crippen molar-refractivity contribution < 1.29 is 4.79 Å². The number of hydrogen-bond acceptors (Lipinski definition) is 2. The van der Waals surface area contributed by atoms with Gasteiger partial charge >= 0.3 is 0 Å². The third kappa shape index (κ3) is 1.48. The first-order valence-electron chi connectivity index (χ1n) is 6.56. The predicted molar refractivity (Wildman–Crippen MR) is 74.0 cm³/mol. The van der Waals surface area contributed by atoms with Crippen LogP contribution < -0.4 is 5.32 Å². The molecule has 1 unspecified atom stereocenters. The van der Waals surface area contributed by atoms with Gasteiger partial charge in [0.2, 0.25) is 0 Å². The summed E-state index contributed by atoms with van der Waals surface area (Å²) in [7, 11) is 0. The highest BCUT2D eigenvalue weighted by molar-refractivity contribution is 6.00. The maximum atomic E-state index is 12.7. The second-order valence-electron chi connectivity index (χ2n) is 5.07. The van der Waals surface area contributed by atoms with Crippen LogP contribution in [0.15, 0.2) is 48.5 Å². The van der Waals surface area contributed by atoms with Crippen molar-refractivity contribution in [1.29, 1.82) is 0 Å². The summed E-state index contributed by atoms with van der Waals surface area (Å²) in [5.74, 6) is 0.127. The fourth-order valence-electron chi connectivity index (χ4n) is 3.08. The summed E-state index contributed by atoms with van der Waals surface area (Å²) in [5, 5.41) is 3.41. The largest absolute Gasteiger partial charge is 0.382 e. The fourth-order valence-corrected chi connectivity index (χ4v) is 3.08. The molecule has 2 aromatic carbocycles. The van der Waals surface area contributed by atoms with Crippen LogP contribution in [0.3, 0.4) is 0 Å². The van der Waals surface area contributed by atoms with E-state index in [0.29, 0.717) is 0 Å². The lowest BCUT2D eigenvalue weighted by atomic mass is 10.1. The van der Waals surface area contributed by atoms with Gasteiger partial charge in [-0.1, -0.05) is 36.4 Å². The Bertz CT molecular complexity index is 665. The Morgan fingerprint density at radius 3 is 2.79 bits per heavy atom. The number of para-hydroxylation sites is 1. The van der Waals surface area contributed by atoms with Crippen LogP contribution >= 0.6 is 0 Å². The fraction of sp³-hybridized carbons (Fsp3) is 0.188. The number of fused-ring (bicyclic) bond motifs is 4. The molecule has 0 saturated carbocycles. The van der Waals surface area contributed by atoms with E-state index in [1.807, 2.05) is 41.3 Å². The first-order chi connectivity index (χ1) is 9.34. The number of rotatable bonds is 0. The molecule has 3 nitrogen and oxygen atoms in total. The summed E-state index contributed by atoms with van der Waals surface area (Å²) in [5.41, 5.74) is 4.26. The van der Waals surface area contributed by atoms with Crippen molar-refractivity contribution in [2.24, 2.45) is 0 Å². The number of nitrogens with one attached hydrogen (secondary N) is 1. The van der Waals surface area contributed by atoms with Gasteiger partial charge in [0.05, 0.1) is 11.6 Å². The van der Waals surface area contributed by atoms with Crippen LogP contribution in [0, 0.1) is 0 Å². The van der Waals surface area contributed by atoms with Crippen LogP contribution in [0.5, 0.6) is 0 Å². The highest BCUT2D eigenvalue weighted by Crippen LogP contribution is 2.37. The maximum Gasteiger partial charge on any atom is 0.256 e. The van der Waals surface area contributed by atoms with Crippen molar-refractivity contribution in [1.82, 2.24) is 4.90 Å². The summed E-state index contributed by atoms with van der Waals surface area (Å²) >= 11 is 0. The average molecular weight is 250 g/mol. The molecule has 2 aliphatic heterocycles. The SMILES string of the molecule is O=C1c2ccccc2NCC2c3ccccc3CN12. The minimum atomic E-state index is 0.127. The van der Waals surface area contributed by atoms with Crippen LogP contribution in [0.25, 0.3) is 0 Å². The van der Waals surface area contributed by atoms with Crippen LogP contribution in [-0.2, 0) is 6.54 Å². The van der Waals surface area contributed by atoms with Crippen LogP contribution in [0.1, 0.15) is 27.5 Å². The van der Waals surface area contributed by atoms with Gasteiger partial charge in [-0.05, 0) is 23.3 Å². The van der Waals surface area contributed by atoms with E-state index in [1.165, 1.54) is 11.1 Å². The molecule has 1 N–H and O–H groups in total. The molecule has 3 heteroatoms. The van der Waals surface area contributed by atoms with Gasteiger partial charge < -0.3 is 10.2 Å². The lowest BCUT2D eigenvalue weighted by Crippen LogP contribution is -2.30. The molecule has 0 spiro atoms. The molecular weight excluding hydrogens is 236 g/mol. The minimum absolute atomic E-state index is 0.127. The number of nitrogens with zero attached hydrogens (tertiary/aromatic N) is 1. The van der Waals surface area contributed by atoms with Gasteiger partial charge in [-0.3, -0.25) is 4.79 Å². The second-order valence-corrected chi connectivity index (χ2v) is 5.07. The molecule has 0 bridgehead atoms. The number of carbonyl (C=O) groups excluding carboxylic acids is 1. The first kappa shape index (κ1) is 10.6. The molecule has 0 aliphatic carbocycles. The summed E-state index contributed by atoms with van der Waals surface area (Å²) in [6, 6.07) is 16.2. The summed E-state index contributed by atoms with van der Waals surface area (Å²) in [4.78, 5) is 14.6. The molecule has 1 atom stereocenters. The normalized spacial score (nSPS) is 20.1. The molecule has 2 aromatic rings. The molecule has 2 aliphatic rings. The third-order valence-electron chi connectivity index (χ3n) is 4.04. The number of amides is 1. The van der Waals surface area contributed by atoms with Gasteiger partial charge in [0.15, 0.2) is 0 Å². The molecule has 19 heavy (non-hydrogen) atoms. The van der Waals surface area contributed by atoms with Gasteiger partial charge in [0, 0.05) is 18.8 Å². The van der Waals surface area contributed by atoms with E-state index in [9.17, 15) is 4.79 Å². The molecule has 0 radical (unpaired) electrons. The zero-order valence-electron chi connectivity index (χ0n) is 10.5. The lowest BCUT2D eigenvalue weighted by molar-refractivity contribution is 0.0708. The van der Waals surface area contributed by atoms with Crippen molar-refractivity contribution in [3.8, 4) is 0 Å². The predicted octanol–water partition coefficient (Wildman–Crippen LogP) is 2.81. The molecule has 1 amide bonds. The van der Waals surface area contributed by atoms with Crippen molar-refractivity contribution in [2.45, 2.75) is 12.6 Å². The highest BCUT2D eigenvalue weighted by Gasteiger charge is 2.36. The van der Waals surface area contributed by atoms with Crippen molar-refractivity contribution in [3.63, 3.8) is 0 Å². The Morgan fingerprint density at radius 1 is 1.05 bits per heavy atom. The zero-order valence-corrected chi connectivity index (χ0v) is 10.5. The Kier molecular flexibility index (Phi) is 2.15. The third-order valence-corrected chi connectivity index (χ3v) is 4.04. The number of hydrogen-bond donors (Lipinski definition) is 1. The maximum absolute atomic E-state index is 12.7. The number of anilines is 1. The standard InChI is InChI=1S/C16H14N2O/c19-16-13-7-3-4-8-14(13)17-9-15-12-6-2-1-5-11(12)10-18(15)16/h1-8,15,17H,9-10H2. The Labute approximate surface area is 111 Å². The van der Waals surface area contributed by atoms with Gasteiger partial charge in [0.1, 0.15) is 0 Å².